The average molecular weight is 419 g/mol. The number of carbonyl (C=O) groups is 1. The lowest BCUT2D eigenvalue weighted by molar-refractivity contribution is 0.0907. The number of nitrogens with one attached hydrogen (secondary N) is 2. The Balaban J connectivity index is 1.61. The van der Waals surface area contributed by atoms with Gasteiger partial charge >= 0.3 is 0 Å². The van der Waals surface area contributed by atoms with Crippen LogP contribution in [0.1, 0.15) is 36.5 Å². The third-order valence-electron chi connectivity index (χ3n) is 4.60. The molecular weight excluding hydrogens is 392 g/mol. The highest BCUT2D eigenvalue weighted by molar-refractivity contribution is 7.92. The third-order valence-corrected chi connectivity index (χ3v) is 6.00. The minimum Gasteiger partial charge on any atom is -0.494 e. The van der Waals surface area contributed by atoms with Crippen molar-refractivity contribution in [1.82, 2.24) is 5.32 Å². The van der Waals surface area contributed by atoms with E-state index in [0.29, 0.717) is 30.2 Å². The molecule has 1 unspecified atom stereocenters. The zero-order valence-electron chi connectivity index (χ0n) is 16.4. The van der Waals surface area contributed by atoms with Crippen LogP contribution < -0.4 is 14.8 Å². The number of hydrogen-bond donors (Lipinski definition) is 2. The summed E-state index contributed by atoms with van der Waals surface area (Å²) in [5.41, 5.74) is 0.717. The van der Waals surface area contributed by atoms with Gasteiger partial charge in [-0.25, -0.2) is 8.42 Å². The molecule has 1 atom stereocenters. The van der Waals surface area contributed by atoms with Crippen LogP contribution in [0.25, 0.3) is 0 Å². The molecule has 8 heteroatoms. The molecule has 1 fully saturated rings. The van der Waals surface area contributed by atoms with Crippen molar-refractivity contribution in [2.75, 3.05) is 24.5 Å². The first-order valence-electron chi connectivity index (χ1n) is 9.73. The molecule has 1 heterocycles. The van der Waals surface area contributed by atoms with Crippen LogP contribution in [-0.4, -0.2) is 40.2 Å². The van der Waals surface area contributed by atoms with Gasteiger partial charge in [0.1, 0.15) is 5.75 Å². The molecule has 156 valence electrons. The molecule has 0 saturated carbocycles. The summed E-state index contributed by atoms with van der Waals surface area (Å²) in [5.74, 6) is 0.359. The van der Waals surface area contributed by atoms with E-state index in [0.717, 1.165) is 25.9 Å². The maximum absolute atomic E-state index is 12.6. The second-order valence-electron chi connectivity index (χ2n) is 6.77. The molecule has 2 N–H and O–H groups in total. The second-order valence-corrected chi connectivity index (χ2v) is 8.45. The number of amides is 1. The van der Waals surface area contributed by atoms with Crippen LogP contribution in [-0.2, 0) is 14.8 Å². The van der Waals surface area contributed by atoms with Crippen LogP contribution in [0, 0.1) is 0 Å². The van der Waals surface area contributed by atoms with Crippen LogP contribution in [0.15, 0.2) is 53.4 Å². The number of anilines is 1. The van der Waals surface area contributed by atoms with E-state index in [9.17, 15) is 13.2 Å². The molecule has 1 saturated heterocycles. The predicted octanol–water partition coefficient (Wildman–Crippen LogP) is 3.19. The largest absolute Gasteiger partial charge is 0.494 e. The highest BCUT2D eigenvalue weighted by Gasteiger charge is 2.17. The van der Waals surface area contributed by atoms with Gasteiger partial charge in [0.05, 0.1) is 17.6 Å². The summed E-state index contributed by atoms with van der Waals surface area (Å²) in [6.45, 7) is 3.67. The molecule has 2 aromatic rings. The molecule has 0 radical (unpaired) electrons. The maximum Gasteiger partial charge on any atom is 0.261 e. The summed E-state index contributed by atoms with van der Waals surface area (Å²) in [4.78, 5) is 12.5. The van der Waals surface area contributed by atoms with Crippen LogP contribution in [0.2, 0.25) is 0 Å². The van der Waals surface area contributed by atoms with Gasteiger partial charge < -0.3 is 14.8 Å². The summed E-state index contributed by atoms with van der Waals surface area (Å²) in [5, 5.41) is 2.86. The number of hydrogen-bond acceptors (Lipinski definition) is 5. The summed E-state index contributed by atoms with van der Waals surface area (Å²) in [6, 6.07) is 12.6. The van der Waals surface area contributed by atoms with Gasteiger partial charge in [0.25, 0.3) is 15.9 Å². The Morgan fingerprint density at radius 3 is 2.69 bits per heavy atom. The van der Waals surface area contributed by atoms with Crippen molar-refractivity contribution >= 4 is 21.6 Å². The molecule has 1 aliphatic rings. The molecule has 1 amide bonds. The van der Waals surface area contributed by atoms with Crippen molar-refractivity contribution in [3.63, 3.8) is 0 Å². The fourth-order valence-electron chi connectivity index (χ4n) is 3.14. The van der Waals surface area contributed by atoms with Crippen molar-refractivity contribution in [3.8, 4) is 5.75 Å². The number of benzene rings is 2. The zero-order chi connectivity index (χ0) is 20.7. The van der Waals surface area contributed by atoms with E-state index in [4.69, 9.17) is 9.47 Å². The fraction of sp³-hybridized carbons (Fsp3) is 0.381. The molecule has 7 nitrogen and oxygen atoms in total. The van der Waals surface area contributed by atoms with Gasteiger partial charge in [0.2, 0.25) is 0 Å². The first-order valence-corrected chi connectivity index (χ1v) is 11.2. The van der Waals surface area contributed by atoms with E-state index in [1.54, 1.807) is 30.3 Å². The van der Waals surface area contributed by atoms with Gasteiger partial charge in [-0.1, -0.05) is 6.07 Å². The average Bonchev–Trinajstić information content (AvgIpc) is 3.22. The number of sulfonamides is 1. The van der Waals surface area contributed by atoms with E-state index in [1.165, 1.54) is 18.2 Å². The van der Waals surface area contributed by atoms with E-state index in [2.05, 4.69) is 10.0 Å². The van der Waals surface area contributed by atoms with Crippen molar-refractivity contribution in [1.29, 1.82) is 0 Å². The van der Waals surface area contributed by atoms with Gasteiger partial charge in [0.15, 0.2) is 0 Å². The lowest BCUT2D eigenvalue weighted by Gasteiger charge is -2.12. The van der Waals surface area contributed by atoms with Crippen molar-refractivity contribution in [2.45, 2.75) is 37.2 Å². The number of rotatable bonds is 9. The summed E-state index contributed by atoms with van der Waals surface area (Å²) < 4.78 is 38.6. The molecule has 29 heavy (non-hydrogen) atoms. The Morgan fingerprint density at radius 2 is 2.00 bits per heavy atom. The van der Waals surface area contributed by atoms with E-state index >= 15 is 0 Å². The number of carbonyl (C=O) groups excluding carboxylic acids is 1. The summed E-state index contributed by atoms with van der Waals surface area (Å²) in [6.07, 6.45) is 3.08. The standard InChI is InChI=1S/C21H26N2O5S/c1-2-27-19-8-10-20(11-9-19)29(25,26)23-17-6-3-5-16(15-17)21(24)22-13-12-18-7-4-14-28-18/h3,5-6,8-11,15,18,23H,2,4,7,12-14H2,1H3,(H,22,24). The fourth-order valence-corrected chi connectivity index (χ4v) is 4.19. The van der Waals surface area contributed by atoms with E-state index < -0.39 is 10.0 Å². The minimum atomic E-state index is -3.77. The van der Waals surface area contributed by atoms with Crippen molar-refractivity contribution in [3.05, 3.63) is 54.1 Å². The molecule has 3 rings (SSSR count). The topological polar surface area (TPSA) is 93.7 Å². The Kier molecular flexibility index (Phi) is 7.11. The second kappa shape index (κ2) is 9.76. The van der Waals surface area contributed by atoms with Crippen LogP contribution >= 0.6 is 0 Å². The maximum atomic E-state index is 12.6. The van der Waals surface area contributed by atoms with Crippen molar-refractivity contribution in [2.24, 2.45) is 0 Å². The van der Waals surface area contributed by atoms with Crippen LogP contribution in [0.4, 0.5) is 5.69 Å². The Labute approximate surface area is 171 Å². The van der Waals surface area contributed by atoms with Gasteiger partial charge in [-0.3, -0.25) is 9.52 Å². The lowest BCUT2D eigenvalue weighted by Crippen LogP contribution is -2.27. The molecule has 1 aliphatic heterocycles. The molecule has 0 bridgehead atoms. The van der Waals surface area contributed by atoms with Crippen LogP contribution in [0.3, 0.4) is 0 Å². The Bertz CT molecular complexity index is 922. The Hall–Kier alpha value is -2.58. The first kappa shape index (κ1) is 21.1. The van der Waals surface area contributed by atoms with Gasteiger partial charge in [-0.15, -0.1) is 0 Å². The van der Waals surface area contributed by atoms with E-state index in [1.807, 2.05) is 6.92 Å². The quantitative estimate of drug-likeness (QED) is 0.652. The molecular formula is C21H26N2O5S. The molecule has 0 aromatic heterocycles. The molecule has 0 aliphatic carbocycles. The predicted molar refractivity (Wildman–Crippen MR) is 111 cm³/mol. The summed E-state index contributed by atoms with van der Waals surface area (Å²) in [7, 11) is -3.77. The molecule has 2 aromatic carbocycles. The highest BCUT2D eigenvalue weighted by atomic mass is 32.2. The minimum absolute atomic E-state index is 0.118. The SMILES string of the molecule is CCOc1ccc(S(=O)(=O)Nc2cccc(C(=O)NCCC3CCCO3)c2)cc1. The van der Waals surface area contributed by atoms with Crippen molar-refractivity contribution < 1.29 is 22.7 Å². The third kappa shape index (κ3) is 5.95. The van der Waals surface area contributed by atoms with Gasteiger partial charge in [-0.2, -0.15) is 0 Å². The molecule has 0 spiro atoms. The zero-order valence-corrected chi connectivity index (χ0v) is 17.2. The van der Waals surface area contributed by atoms with E-state index in [-0.39, 0.29) is 16.9 Å². The first-order chi connectivity index (χ1) is 14.0. The Morgan fingerprint density at radius 1 is 1.21 bits per heavy atom. The monoisotopic (exact) mass is 418 g/mol. The summed E-state index contributed by atoms with van der Waals surface area (Å²) >= 11 is 0. The normalized spacial score (nSPS) is 16.4. The highest BCUT2D eigenvalue weighted by Crippen LogP contribution is 2.20. The lowest BCUT2D eigenvalue weighted by atomic mass is 10.1. The smallest absolute Gasteiger partial charge is 0.261 e. The van der Waals surface area contributed by atoms with Gasteiger partial charge in [0, 0.05) is 24.4 Å². The van der Waals surface area contributed by atoms with Gasteiger partial charge in [-0.05, 0) is 68.7 Å². The van der Waals surface area contributed by atoms with Crippen LogP contribution in [0.5, 0.6) is 5.75 Å². The number of ether oxygens (including phenoxy) is 2.